The second-order valence-electron chi connectivity index (χ2n) is 2.79. The minimum atomic E-state index is -4.48. The molecule has 1 aromatic rings. The number of nitrogens with zero attached hydrogens (tertiary/aromatic N) is 2. The summed E-state index contributed by atoms with van der Waals surface area (Å²) in [6.07, 6.45) is -3.91. The van der Waals surface area contributed by atoms with Crippen molar-refractivity contribution in [2.45, 2.75) is 12.6 Å². The molecular formula is C10H6F3N3. The molecule has 6 heteroatoms. The fourth-order valence-corrected chi connectivity index (χ4v) is 0.909. The van der Waals surface area contributed by atoms with Gasteiger partial charge in [0, 0.05) is 6.20 Å². The average molecular weight is 225 g/mol. The minimum absolute atomic E-state index is 0.0231. The van der Waals surface area contributed by atoms with Crippen LogP contribution in [-0.2, 0) is 6.18 Å². The summed E-state index contributed by atoms with van der Waals surface area (Å²) in [7, 11) is 0. The van der Waals surface area contributed by atoms with Gasteiger partial charge in [-0.2, -0.15) is 18.4 Å². The van der Waals surface area contributed by atoms with E-state index in [9.17, 15) is 13.2 Å². The number of halogens is 3. The monoisotopic (exact) mass is 225 g/mol. The molecule has 2 N–H and O–H groups in total. The lowest BCUT2D eigenvalue weighted by Gasteiger charge is -2.06. The van der Waals surface area contributed by atoms with Gasteiger partial charge in [0.2, 0.25) is 0 Å². The van der Waals surface area contributed by atoms with Crippen molar-refractivity contribution in [2.75, 3.05) is 5.73 Å². The number of nitrogens with two attached hydrogens (primary N) is 1. The normalized spacial score (nSPS) is 10.1. The summed E-state index contributed by atoms with van der Waals surface area (Å²) in [6, 6.07) is 2.56. The fraction of sp³-hybridized carbons (Fsp3) is 0.200. The van der Waals surface area contributed by atoms with Crippen LogP contribution in [0.25, 0.3) is 0 Å². The lowest BCUT2D eigenvalue weighted by atomic mass is 10.2. The van der Waals surface area contributed by atoms with Gasteiger partial charge in [0.05, 0.1) is 23.6 Å². The molecule has 0 radical (unpaired) electrons. The summed E-state index contributed by atoms with van der Waals surface area (Å²) in [6.45, 7) is 0. The Hall–Kier alpha value is -2.21. The first-order valence-corrected chi connectivity index (χ1v) is 4.13. The van der Waals surface area contributed by atoms with Crippen molar-refractivity contribution >= 4 is 5.82 Å². The third-order valence-electron chi connectivity index (χ3n) is 1.64. The Kier molecular flexibility index (Phi) is 3.37. The van der Waals surface area contributed by atoms with E-state index in [0.29, 0.717) is 6.20 Å². The van der Waals surface area contributed by atoms with Crippen molar-refractivity contribution in [1.82, 2.24) is 4.98 Å². The highest BCUT2D eigenvalue weighted by molar-refractivity contribution is 5.52. The zero-order chi connectivity index (χ0) is 12.2. The number of nitrogen functional groups attached to an aromatic ring is 1. The number of hydrogen-bond donors (Lipinski definition) is 1. The zero-order valence-electron chi connectivity index (χ0n) is 7.97. The molecule has 0 aliphatic heterocycles. The van der Waals surface area contributed by atoms with Gasteiger partial charge in [0.15, 0.2) is 0 Å². The van der Waals surface area contributed by atoms with E-state index >= 15 is 0 Å². The Morgan fingerprint density at radius 3 is 2.69 bits per heavy atom. The maximum atomic E-state index is 12.3. The van der Waals surface area contributed by atoms with Crippen LogP contribution in [0.2, 0.25) is 0 Å². The average Bonchev–Trinajstić information content (AvgIpc) is 2.19. The van der Waals surface area contributed by atoms with Gasteiger partial charge in [-0.1, -0.05) is 11.8 Å². The smallest absolute Gasteiger partial charge is 0.383 e. The zero-order valence-corrected chi connectivity index (χ0v) is 7.97. The third-order valence-corrected chi connectivity index (χ3v) is 1.64. The predicted molar refractivity (Wildman–Crippen MR) is 50.8 cm³/mol. The molecule has 0 aliphatic carbocycles. The summed E-state index contributed by atoms with van der Waals surface area (Å²) in [4.78, 5) is 3.40. The van der Waals surface area contributed by atoms with Gasteiger partial charge in [0.25, 0.3) is 0 Å². The third kappa shape index (κ3) is 2.89. The number of nitriles is 1. The molecule has 0 bridgehead atoms. The number of aromatic nitrogens is 1. The highest BCUT2D eigenvalue weighted by Crippen LogP contribution is 2.29. The molecule has 0 aliphatic rings. The van der Waals surface area contributed by atoms with Crippen LogP contribution in [0.15, 0.2) is 12.3 Å². The second-order valence-corrected chi connectivity index (χ2v) is 2.79. The number of hydrogen-bond acceptors (Lipinski definition) is 3. The highest BCUT2D eigenvalue weighted by Gasteiger charge is 2.31. The SMILES string of the molecule is N#CCC#Cc1cc(C(F)(F)F)cnc1N. The molecule has 0 amide bonds. The number of alkyl halides is 3. The lowest BCUT2D eigenvalue weighted by molar-refractivity contribution is -0.137. The van der Waals surface area contributed by atoms with Crippen molar-refractivity contribution < 1.29 is 13.2 Å². The van der Waals surface area contributed by atoms with Crippen LogP contribution in [-0.4, -0.2) is 4.98 Å². The minimum Gasteiger partial charge on any atom is -0.383 e. The van der Waals surface area contributed by atoms with Crippen molar-refractivity contribution in [2.24, 2.45) is 0 Å². The molecule has 0 atom stereocenters. The molecule has 0 saturated carbocycles. The Morgan fingerprint density at radius 1 is 1.44 bits per heavy atom. The van der Waals surface area contributed by atoms with Gasteiger partial charge in [-0.05, 0) is 6.07 Å². The summed E-state index contributed by atoms with van der Waals surface area (Å²) in [5.74, 6) is 4.65. The van der Waals surface area contributed by atoms with Crippen molar-refractivity contribution in [3.8, 4) is 17.9 Å². The van der Waals surface area contributed by atoms with E-state index < -0.39 is 11.7 Å². The van der Waals surface area contributed by atoms with E-state index in [1.54, 1.807) is 6.07 Å². The van der Waals surface area contributed by atoms with Crippen LogP contribution >= 0.6 is 0 Å². The Bertz CT molecular complexity index is 489. The number of pyridine rings is 1. The van der Waals surface area contributed by atoms with Gasteiger partial charge >= 0.3 is 6.18 Å². The second kappa shape index (κ2) is 4.54. The van der Waals surface area contributed by atoms with E-state index in [1.807, 2.05) is 0 Å². The molecule has 0 saturated heterocycles. The Morgan fingerprint density at radius 2 is 2.12 bits per heavy atom. The molecule has 1 heterocycles. The van der Waals surface area contributed by atoms with Crippen molar-refractivity contribution in [3.05, 3.63) is 23.4 Å². The summed E-state index contributed by atoms with van der Waals surface area (Å²) in [5, 5.41) is 8.22. The summed E-state index contributed by atoms with van der Waals surface area (Å²) >= 11 is 0. The van der Waals surface area contributed by atoms with Crippen LogP contribution in [0.5, 0.6) is 0 Å². The molecule has 1 rings (SSSR count). The largest absolute Gasteiger partial charge is 0.417 e. The van der Waals surface area contributed by atoms with E-state index in [0.717, 1.165) is 6.07 Å². The molecule has 0 unspecified atom stereocenters. The molecule has 0 spiro atoms. The maximum Gasteiger partial charge on any atom is 0.417 e. The predicted octanol–water partition coefficient (Wildman–Crippen LogP) is 1.95. The lowest BCUT2D eigenvalue weighted by Crippen LogP contribution is -2.07. The van der Waals surface area contributed by atoms with Crippen LogP contribution in [0, 0.1) is 23.2 Å². The summed E-state index contributed by atoms with van der Waals surface area (Å²) < 4.78 is 36.9. The van der Waals surface area contributed by atoms with E-state index in [-0.39, 0.29) is 17.8 Å². The van der Waals surface area contributed by atoms with Gasteiger partial charge in [-0.3, -0.25) is 0 Å². The van der Waals surface area contributed by atoms with Crippen LogP contribution in [0.1, 0.15) is 17.5 Å². The van der Waals surface area contributed by atoms with Gasteiger partial charge < -0.3 is 5.73 Å². The highest BCUT2D eigenvalue weighted by atomic mass is 19.4. The topological polar surface area (TPSA) is 62.7 Å². The molecule has 1 aromatic heterocycles. The number of anilines is 1. The standard InChI is InChI=1S/C10H6F3N3/c11-10(12,13)8-5-7(3-1-2-4-14)9(15)16-6-8/h5-6H,2H2,(H2,15,16). The van der Waals surface area contributed by atoms with Crippen LogP contribution in [0.3, 0.4) is 0 Å². The van der Waals surface area contributed by atoms with E-state index in [4.69, 9.17) is 11.0 Å². The molecular weight excluding hydrogens is 219 g/mol. The summed E-state index contributed by atoms with van der Waals surface area (Å²) in [5.41, 5.74) is 4.41. The van der Waals surface area contributed by atoms with Gasteiger partial charge in [0.1, 0.15) is 5.82 Å². The van der Waals surface area contributed by atoms with E-state index in [2.05, 4.69) is 16.8 Å². The van der Waals surface area contributed by atoms with Gasteiger partial charge in [-0.15, -0.1) is 0 Å². The Balaban J connectivity index is 3.12. The van der Waals surface area contributed by atoms with E-state index in [1.165, 1.54) is 0 Å². The van der Waals surface area contributed by atoms with Gasteiger partial charge in [-0.25, -0.2) is 4.98 Å². The quantitative estimate of drug-likeness (QED) is 0.686. The Labute approximate surface area is 89.7 Å². The first kappa shape index (κ1) is 11.9. The van der Waals surface area contributed by atoms with Crippen molar-refractivity contribution in [3.63, 3.8) is 0 Å². The first-order chi connectivity index (χ1) is 7.45. The number of rotatable bonds is 0. The van der Waals surface area contributed by atoms with Crippen molar-refractivity contribution in [1.29, 1.82) is 5.26 Å². The molecule has 3 nitrogen and oxygen atoms in total. The molecule has 16 heavy (non-hydrogen) atoms. The molecule has 0 fully saturated rings. The fourth-order valence-electron chi connectivity index (χ4n) is 0.909. The van der Waals surface area contributed by atoms with Crippen LogP contribution in [0.4, 0.5) is 19.0 Å². The van der Waals surface area contributed by atoms with Crippen LogP contribution < -0.4 is 5.73 Å². The first-order valence-electron chi connectivity index (χ1n) is 4.13. The maximum absolute atomic E-state index is 12.3. The molecule has 82 valence electrons. The molecule has 0 aromatic carbocycles.